The van der Waals surface area contributed by atoms with Gasteiger partial charge < -0.3 is 4.98 Å². The summed E-state index contributed by atoms with van der Waals surface area (Å²) in [5.74, 6) is 0.0168. The summed E-state index contributed by atoms with van der Waals surface area (Å²) in [7, 11) is -3.38. The van der Waals surface area contributed by atoms with Crippen LogP contribution in [0.5, 0.6) is 0 Å². The Kier molecular flexibility index (Phi) is 3.81. The fraction of sp³-hybridized carbons (Fsp3) is 0.118. The van der Waals surface area contributed by atoms with Crippen molar-refractivity contribution in [2.24, 2.45) is 0 Å². The monoisotopic (exact) mass is 312 g/mol. The first-order chi connectivity index (χ1) is 10.6. The number of hydrogen-bond acceptors (Lipinski definition) is 3. The van der Waals surface area contributed by atoms with E-state index in [1.165, 1.54) is 0 Å². The lowest BCUT2D eigenvalue weighted by molar-refractivity contribution is 0.590. The molecule has 22 heavy (non-hydrogen) atoms. The summed E-state index contributed by atoms with van der Waals surface area (Å²) >= 11 is 0. The highest BCUT2D eigenvalue weighted by atomic mass is 32.2. The number of sulfone groups is 1. The molecule has 1 heterocycles. The Hall–Kier alpha value is -2.40. The molecular formula is C17H16N2O2S. The van der Waals surface area contributed by atoms with Gasteiger partial charge in [0.25, 0.3) is 0 Å². The quantitative estimate of drug-likeness (QED) is 0.801. The van der Waals surface area contributed by atoms with E-state index in [2.05, 4.69) is 9.97 Å². The minimum absolute atomic E-state index is 0.0168. The maximum absolute atomic E-state index is 12.1. The number of aromatic amines is 1. The molecule has 0 bridgehead atoms. The highest BCUT2D eigenvalue weighted by Crippen LogP contribution is 2.31. The van der Waals surface area contributed by atoms with Gasteiger partial charge in [0.15, 0.2) is 0 Å². The topological polar surface area (TPSA) is 62.8 Å². The summed E-state index contributed by atoms with van der Waals surface area (Å²) in [6.45, 7) is 1.61. The fourth-order valence-electron chi connectivity index (χ4n) is 2.25. The molecule has 1 N–H and O–H groups in total. The highest BCUT2D eigenvalue weighted by Gasteiger charge is 2.21. The van der Waals surface area contributed by atoms with Gasteiger partial charge in [0.1, 0.15) is 0 Å². The van der Waals surface area contributed by atoms with E-state index in [9.17, 15) is 8.42 Å². The first-order valence-electron chi connectivity index (χ1n) is 7.05. The van der Waals surface area contributed by atoms with Crippen LogP contribution in [0, 0.1) is 0 Å². The molecular weight excluding hydrogens is 296 g/mol. The van der Waals surface area contributed by atoms with Gasteiger partial charge in [-0.1, -0.05) is 67.6 Å². The zero-order chi connectivity index (χ0) is 15.6. The third-order valence-electron chi connectivity index (χ3n) is 3.47. The van der Waals surface area contributed by atoms with Crippen molar-refractivity contribution >= 4 is 9.84 Å². The number of rotatable bonds is 4. The minimum Gasteiger partial charge on any atom is -0.328 e. The molecule has 0 atom stereocenters. The second-order valence-corrected chi connectivity index (χ2v) is 7.09. The zero-order valence-electron chi connectivity index (χ0n) is 12.2. The number of imidazole rings is 1. The highest BCUT2D eigenvalue weighted by molar-refractivity contribution is 7.91. The molecule has 0 radical (unpaired) electrons. The van der Waals surface area contributed by atoms with Gasteiger partial charge in [-0.2, -0.15) is 0 Å². The SMILES string of the molecule is CCS(=O)(=O)c1nc(-c2ccccc2)c(-c2ccccc2)[nH]1. The van der Waals surface area contributed by atoms with Crippen LogP contribution in [0.2, 0.25) is 0 Å². The van der Waals surface area contributed by atoms with Crippen molar-refractivity contribution < 1.29 is 8.42 Å². The van der Waals surface area contributed by atoms with Crippen LogP contribution in [0.25, 0.3) is 22.5 Å². The Bertz CT molecular complexity index is 813. The van der Waals surface area contributed by atoms with Crippen molar-refractivity contribution in [3.05, 3.63) is 60.7 Å². The van der Waals surface area contributed by atoms with Gasteiger partial charge in [-0.25, -0.2) is 13.4 Å². The fourth-order valence-corrected chi connectivity index (χ4v) is 3.02. The van der Waals surface area contributed by atoms with Crippen LogP contribution in [0.15, 0.2) is 65.8 Å². The summed E-state index contributed by atoms with van der Waals surface area (Å²) in [5.41, 5.74) is 3.17. The van der Waals surface area contributed by atoms with Crippen LogP contribution >= 0.6 is 0 Å². The van der Waals surface area contributed by atoms with Crippen molar-refractivity contribution in [2.45, 2.75) is 12.1 Å². The van der Waals surface area contributed by atoms with Gasteiger partial charge >= 0.3 is 0 Å². The van der Waals surface area contributed by atoms with E-state index in [-0.39, 0.29) is 10.9 Å². The van der Waals surface area contributed by atoms with Crippen LogP contribution in [-0.2, 0) is 9.84 Å². The maximum Gasteiger partial charge on any atom is 0.226 e. The second kappa shape index (κ2) is 5.77. The van der Waals surface area contributed by atoms with Gasteiger partial charge in [-0.3, -0.25) is 0 Å². The van der Waals surface area contributed by atoms with Crippen molar-refractivity contribution in [3.8, 4) is 22.5 Å². The lowest BCUT2D eigenvalue weighted by Gasteiger charge is -2.02. The van der Waals surface area contributed by atoms with Crippen molar-refractivity contribution in [2.75, 3.05) is 5.75 Å². The molecule has 5 heteroatoms. The molecule has 0 aliphatic rings. The first-order valence-corrected chi connectivity index (χ1v) is 8.70. The Morgan fingerprint density at radius 3 is 2.00 bits per heavy atom. The van der Waals surface area contributed by atoms with Gasteiger partial charge in [-0.15, -0.1) is 0 Å². The molecule has 1 aromatic heterocycles. The van der Waals surface area contributed by atoms with E-state index in [4.69, 9.17) is 0 Å². The van der Waals surface area contributed by atoms with Gasteiger partial charge in [0.2, 0.25) is 15.0 Å². The number of nitrogens with zero attached hydrogens (tertiary/aromatic N) is 1. The molecule has 0 unspecified atom stereocenters. The Balaban J connectivity index is 2.24. The molecule has 0 aliphatic carbocycles. The number of aromatic nitrogens is 2. The van der Waals surface area contributed by atoms with Gasteiger partial charge in [-0.05, 0) is 0 Å². The van der Waals surface area contributed by atoms with Crippen LogP contribution < -0.4 is 0 Å². The number of hydrogen-bond donors (Lipinski definition) is 1. The van der Waals surface area contributed by atoms with Crippen molar-refractivity contribution in [3.63, 3.8) is 0 Å². The number of H-pyrrole nitrogens is 1. The van der Waals surface area contributed by atoms with Gasteiger partial charge in [0, 0.05) is 11.1 Å². The average Bonchev–Trinajstić information content (AvgIpc) is 3.02. The van der Waals surface area contributed by atoms with E-state index in [0.29, 0.717) is 5.69 Å². The minimum atomic E-state index is -3.38. The third-order valence-corrected chi connectivity index (χ3v) is 5.01. The summed E-state index contributed by atoms with van der Waals surface area (Å²) in [6.07, 6.45) is 0. The van der Waals surface area contributed by atoms with Crippen molar-refractivity contribution in [1.29, 1.82) is 0 Å². The molecule has 3 rings (SSSR count). The number of nitrogens with one attached hydrogen (secondary N) is 1. The molecule has 112 valence electrons. The Morgan fingerprint density at radius 2 is 1.45 bits per heavy atom. The molecule has 4 nitrogen and oxygen atoms in total. The lowest BCUT2D eigenvalue weighted by Crippen LogP contribution is -2.05. The van der Waals surface area contributed by atoms with E-state index < -0.39 is 9.84 Å². The third kappa shape index (κ3) is 2.67. The Morgan fingerprint density at radius 1 is 0.909 bits per heavy atom. The maximum atomic E-state index is 12.1. The lowest BCUT2D eigenvalue weighted by atomic mass is 10.1. The smallest absolute Gasteiger partial charge is 0.226 e. The van der Waals surface area contributed by atoms with Gasteiger partial charge in [0.05, 0.1) is 17.1 Å². The summed E-state index contributed by atoms with van der Waals surface area (Å²) in [5, 5.41) is 0.0210. The summed E-state index contributed by atoms with van der Waals surface area (Å²) in [6, 6.07) is 19.2. The standard InChI is InChI=1S/C17H16N2O2S/c1-2-22(20,21)17-18-15(13-9-5-3-6-10-13)16(19-17)14-11-7-4-8-12-14/h3-12H,2H2,1H3,(H,18,19). The molecule has 0 saturated heterocycles. The zero-order valence-corrected chi connectivity index (χ0v) is 13.0. The predicted octanol–water partition coefficient (Wildman–Crippen LogP) is 3.54. The van der Waals surface area contributed by atoms with E-state index in [1.807, 2.05) is 60.7 Å². The molecule has 0 saturated carbocycles. The second-order valence-electron chi connectivity index (χ2n) is 4.90. The average molecular weight is 312 g/mol. The predicted molar refractivity (Wildman–Crippen MR) is 87.2 cm³/mol. The van der Waals surface area contributed by atoms with E-state index >= 15 is 0 Å². The summed E-state index contributed by atoms with van der Waals surface area (Å²) < 4.78 is 24.3. The first kappa shape index (κ1) is 14.5. The van der Waals surface area contributed by atoms with E-state index in [0.717, 1.165) is 16.8 Å². The normalized spacial score (nSPS) is 11.5. The van der Waals surface area contributed by atoms with E-state index in [1.54, 1.807) is 6.92 Å². The van der Waals surface area contributed by atoms with Crippen molar-refractivity contribution in [1.82, 2.24) is 9.97 Å². The van der Waals surface area contributed by atoms with Crippen LogP contribution in [-0.4, -0.2) is 24.1 Å². The molecule has 0 amide bonds. The summed E-state index contributed by atoms with van der Waals surface area (Å²) in [4.78, 5) is 7.34. The molecule has 0 aliphatic heterocycles. The van der Waals surface area contributed by atoms with Crippen LogP contribution in [0.4, 0.5) is 0 Å². The van der Waals surface area contributed by atoms with Crippen LogP contribution in [0.3, 0.4) is 0 Å². The molecule has 0 spiro atoms. The molecule has 2 aromatic carbocycles. The molecule has 3 aromatic rings. The Labute approximate surface area is 129 Å². The number of benzene rings is 2. The molecule has 0 fully saturated rings. The van der Waals surface area contributed by atoms with Crippen LogP contribution in [0.1, 0.15) is 6.92 Å². The largest absolute Gasteiger partial charge is 0.328 e.